The number of aromatic nitrogens is 1. The second-order valence-corrected chi connectivity index (χ2v) is 6.41. The Bertz CT molecular complexity index is 896. The van der Waals surface area contributed by atoms with Crippen LogP contribution in [0.4, 0.5) is 19.0 Å². The maximum atomic E-state index is 12.6. The van der Waals surface area contributed by atoms with Gasteiger partial charge in [-0.05, 0) is 41.8 Å². The van der Waals surface area contributed by atoms with Crippen molar-refractivity contribution in [2.45, 2.75) is 32.0 Å². The van der Waals surface area contributed by atoms with Crippen LogP contribution in [0.25, 0.3) is 6.08 Å². The normalized spacial score (nSPS) is 12.5. The number of benzene rings is 1. The van der Waals surface area contributed by atoms with Crippen molar-refractivity contribution in [1.82, 2.24) is 4.98 Å². The van der Waals surface area contributed by atoms with Crippen molar-refractivity contribution >= 4 is 23.8 Å². The Kier molecular flexibility index (Phi) is 7.97. The molecule has 0 saturated carbocycles. The lowest BCUT2D eigenvalue weighted by Crippen LogP contribution is -2.31. The van der Waals surface area contributed by atoms with Crippen LogP contribution in [0.15, 0.2) is 48.7 Å². The van der Waals surface area contributed by atoms with Gasteiger partial charge < -0.3 is 15.2 Å². The van der Waals surface area contributed by atoms with E-state index in [1.807, 2.05) is 0 Å². The highest BCUT2D eigenvalue weighted by atomic mass is 19.4. The van der Waals surface area contributed by atoms with E-state index in [1.165, 1.54) is 36.5 Å². The summed E-state index contributed by atoms with van der Waals surface area (Å²) >= 11 is 0. The van der Waals surface area contributed by atoms with E-state index in [-0.39, 0.29) is 24.4 Å². The quantitative estimate of drug-likeness (QED) is 0.471. The summed E-state index contributed by atoms with van der Waals surface area (Å²) in [7, 11) is 0. The fraction of sp³-hybridized carbons (Fsp3) is 0.286. The van der Waals surface area contributed by atoms with Gasteiger partial charge in [0.1, 0.15) is 11.9 Å². The molecule has 0 unspecified atom stereocenters. The van der Waals surface area contributed by atoms with Crippen molar-refractivity contribution < 1.29 is 32.6 Å². The van der Waals surface area contributed by atoms with Gasteiger partial charge in [0.25, 0.3) is 0 Å². The van der Waals surface area contributed by atoms with Crippen LogP contribution in [-0.2, 0) is 27.2 Å². The summed E-state index contributed by atoms with van der Waals surface area (Å²) in [6.07, 6.45) is -1.23. The third kappa shape index (κ3) is 7.94. The molecule has 6 nitrogen and oxygen atoms in total. The molecule has 1 aromatic heterocycles. The van der Waals surface area contributed by atoms with Crippen LogP contribution < -0.4 is 5.32 Å². The molecule has 0 fully saturated rings. The van der Waals surface area contributed by atoms with Crippen molar-refractivity contribution in [2.75, 3.05) is 11.9 Å². The van der Waals surface area contributed by atoms with Crippen molar-refractivity contribution in [2.24, 2.45) is 0 Å². The lowest BCUT2D eigenvalue weighted by molar-refractivity contribution is -0.138. The number of carbonyl (C=O) groups is 2. The number of nitrogens with one attached hydrogen (secondary N) is 1. The van der Waals surface area contributed by atoms with Gasteiger partial charge in [-0.3, -0.25) is 0 Å². The lowest BCUT2D eigenvalue weighted by atomic mass is 10.0. The van der Waals surface area contributed by atoms with Gasteiger partial charge >= 0.3 is 18.1 Å². The van der Waals surface area contributed by atoms with Gasteiger partial charge in [-0.1, -0.05) is 24.3 Å². The highest BCUT2D eigenvalue weighted by Gasteiger charge is 2.27. The lowest BCUT2D eigenvalue weighted by Gasteiger charge is -2.16. The molecule has 0 bridgehead atoms. The summed E-state index contributed by atoms with van der Waals surface area (Å²) in [4.78, 5) is 27.0. The number of anilines is 1. The number of nitrogens with zero attached hydrogens (tertiary/aromatic N) is 1. The minimum Gasteiger partial charge on any atom is -0.480 e. The highest BCUT2D eigenvalue weighted by Crippen LogP contribution is 2.22. The fourth-order valence-electron chi connectivity index (χ4n) is 2.66. The number of hydrogen-bond donors (Lipinski definition) is 2. The summed E-state index contributed by atoms with van der Waals surface area (Å²) in [5, 5.41) is 12.2. The summed E-state index contributed by atoms with van der Waals surface area (Å²) in [5.41, 5.74) is 1.14. The van der Waals surface area contributed by atoms with Gasteiger partial charge in [-0.2, -0.15) is 13.2 Å². The number of pyridine rings is 1. The molecule has 0 aliphatic carbocycles. The first-order valence-corrected chi connectivity index (χ1v) is 9.11. The number of alkyl halides is 3. The van der Waals surface area contributed by atoms with Crippen LogP contribution in [-0.4, -0.2) is 40.9 Å². The summed E-state index contributed by atoms with van der Waals surface area (Å²) in [6, 6.07) is 7.84. The Morgan fingerprint density at radius 1 is 1.23 bits per heavy atom. The molecular formula is C21H21F3N2O4. The zero-order chi connectivity index (χ0) is 22.1. The molecule has 2 rings (SSSR count). The van der Waals surface area contributed by atoms with E-state index in [4.69, 9.17) is 4.74 Å². The number of esters is 1. The van der Waals surface area contributed by atoms with Crippen LogP contribution in [0, 0.1) is 0 Å². The van der Waals surface area contributed by atoms with E-state index in [1.54, 1.807) is 25.1 Å². The second-order valence-electron chi connectivity index (χ2n) is 6.41. The number of ether oxygens (including phenoxy) is 1. The average Bonchev–Trinajstić information content (AvgIpc) is 2.66. The Morgan fingerprint density at radius 3 is 2.57 bits per heavy atom. The van der Waals surface area contributed by atoms with Crippen LogP contribution in [0.3, 0.4) is 0 Å². The number of carboxylic acid groups (broad SMARTS) is 1. The fourth-order valence-corrected chi connectivity index (χ4v) is 2.66. The Labute approximate surface area is 171 Å². The van der Waals surface area contributed by atoms with Crippen molar-refractivity contribution in [3.63, 3.8) is 0 Å². The number of carbonyl (C=O) groups excluding carboxylic acids is 1. The minimum absolute atomic E-state index is 0.0206. The standard InChI is InChI=1S/C21H21F3N2O4/c1-2-30-19(27)9-7-14-6-8-18(25-13-14)26-17(20(28)29)11-15-4-3-5-16(10-15)12-21(22,23)24/h3-10,13,17H,2,11-12H2,1H3,(H,25,26)(H,28,29)/b9-7+/t17-/m0/s1. The van der Waals surface area contributed by atoms with Gasteiger partial charge in [-0.15, -0.1) is 0 Å². The molecule has 30 heavy (non-hydrogen) atoms. The van der Waals surface area contributed by atoms with Gasteiger partial charge in [-0.25, -0.2) is 14.6 Å². The molecule has 1 aromatic carbocycles. The molecule has 2 N–H and O–H groups in total. The van der Waals surface area contributed by atoms with Gasteiger partial charge in [0.2, 0.25) is 0 Å². The van der Waals surface area contributed by atoms with Gasteiger partial charge in [0.05, 0.1) is 13.0 Å². The van der Waals surface area contributed by atoms with Crippen LogP contribution in [0.2, 0.25) is 0 Å². The maximum absolute atomic E-state index is 12.6. The molecule has 160 valence electrons. The van der Waals surface area contributed by atoms with E-state index < -0.39 is 30.6 Å². The predicted octanol–water partition coefficient (Wildman–Crippen LogP) is 3.87. The summed E-state index contributed by atoms with van der Waals surface area (Å²) < 4.78 is 42.5. The van der Waals surface area contributed by atoms with E-state index in [2.05, 4.69) is 10.3 Å². The number of hydrogen-bond acceptors (Lipinski definition) is 5. The molecule has 2 aromatic rings. The largest absolute Gasteiger partial charge is 0.480 e. The van der Waals surface area contributed by atoms with Gasteiger partial charge in [0.15, 0.2) is 0 Å². The topological polar surface area (TPSA) is 88.5 Å². The Balaban J connectivity index is 2.05. The Hall–Kier alpha value is -3.36. The third-order valence-electron chi connectivity index (χ3n) is 3.94. The van der Waals surface area contributed by atoms with E-state index in [9.17, 15) is 27.9 Å². The first-order valence-electron chi connectivity index (χ1n) is 9.11. The number of halogens is 3. The molecule has 0 aliphatic rings. The van der Waals surface area contributed by atoms with Crippen molar-refractivity contribution in [3.8, 4) is 0 Å². The predicted molar refractivity (Wildman–Crippen MR) is 105 cm³/mol. The molecule has 1 atom stereocenters. The summed E-state index contributed by atoms with van der Waals surface area (Å²) in [6.45, 7) is 1.96. The van der Waals surface area contributed by atoms with Crippen molar-refractivity contribution in [1.29, 1.82) is 0 Å². The number of carboxylic acids is 1. The second kappa shape index (κ2) is 10.4. The minimum atomic E-state index is -4.34. The average molecular weight is 422 g/mol. The highest BCUT2D eigenvalue weighted by molar-refractivity contribution is 5.87. The molecule has 0 saturated heterocycles. The zero-order valence-corrected chi connectivity index (χ0v) is 16.1. The molecule has 0 radical (unpaired) electrons. The molecular weight excluding hydrogens is 401 g/mol. The number of aliphatic carboxylic acids is 1. The van der Waals surface area contributed by atoms with E-state index in [0.29, 0.717) is 11.1 Å². The molecule has 0 aliphatic heterocycles. The molecule has 0 amide bonds. The van der Waals surface area contributed by atoms with Crippen LogP contribution >= 0.6 is 0 Å². The first kappa shape index (κ1) is 22.9. The molecule has 9 heteroatoms. The van der Waals surface area contributed by atoms with Gasteiger partial charge in [0, 0.05) is 18.7 Å². The monoisotopic (exact) mass is 422 g/mol. The third-order valence-corrected chi connectivity index (χ3v) is 3.94. The van der Waals surface area contributed by atoms with Crippen LogP contribution in [0.5, 0.6) is 0 Å². The van der Waals surface area contributed by atoms with E-state index in [0.717, 1.165) is 0 Å². The molecule has 1 heterocycles. The maximum Gasteiger partial charge on any atom is 0.393 e. The zero-order valence-electron chi connectivity index (χ0n) is 16.1. The summed E-state index contributed by atoms with van der Waals surface area (Å²) in [5.74, 6) is -1.37. The smallest absolute Gasteiger partial charge is 0.393 e. The van der Waals surface area contributed by atoms with E-state index >= 15 is 0 Å². The molecule has 0 spiro atoms. The Morgan fingerprint density at radius 2 is 1.97 bits per heavy atom. The van der Waals surface area contributed by atoms with Crippen molar-refractivity contribution in [3.05, 3.63) is 65.4 Å². The SMILES string of the molecule is CCOC(=O)/C=C/c1ccc(N[C@@H](Cc2cccc(CC(F)(F)F)c2)C(=O)O)nc1. The number of rotatable bonds is 9. The first-order chi connectivity index (χ1) is 14.2. The van der Waals surface area contributed by atoms with Crippen LogP contribution in [0.1, 0.15) is 23.6 Å².